The lowest BCUT2D eigenvalue weighted by Gasteiger charge is -2.29. The zero-order chi connectivity index (χ0) is 12.1. The van der Waals surface area contributed by atoms with Gasteiger partial charge < -0.3 is 4.74 Å². The molecular formula is C16H24O. The number of rotatable bonds is 4. The molecule has 0 bridgehead atoms. The van der Waals surface area contributed by atoms with E-state index in [0.717, 1.165) is 17.6 Å². The lowest BCUT2D eigenvalue weighted by atomic mass is 9.76. The molecule has 0 heterocycles. The van der Waals surface area contributed by atoms with Crippen molar-refractivity contribution in [3.8, 4) is 5.75 Å². The van der Waals surface area contributed by atoms with Crippen molar-refractivity contribution in [1.29, 1.82) is 0 Å². The van der Waals surface area contributed by atoms with E-state index in [-0.39, 0.29) is 0 Å². The molecule has 0 aliphatic heterocycles. The maximum absolute atomic E-state index is 5.22. The molecule has 2 unspecified atom stereocenters. The molecule has 2 rings (SSSR count). The molecule has 0 aromatic heterocycles. The van der Waals surface area contributed by atoms with E-state index in [1.807, 2.05) is 0 Å². The van der Waals surface area contributed by atoms with Crippen LogP contribution in [-0.2, 0) is 0 Å². The fraction of sp³-hybridized carbons (Fsp3) is 0.625. The van der Waals surface area contributed by atoms with Gasteiger partial charge in [-0.25, -0.2) is 0 Å². The summed E-state index contributed by atoms with van der Waals surface area (Å²) in [5, 5.41) is 0. The average Bonchev–Trinajstić information content (AvgIpc) is 2.40. The van der Waals surface area contributed by atoms with Gasteiger partial charge in [0.25, 0.3) is 0 Å². The molecule has 1 aliphatic rings. The van der Waals surface area contributed by atoms with Gasteiger partial charge in [0, 0.05) is 0 Å². The highest BCUT2D eigenvalue weighted by Crippen LogP contribution is 2.38. The highest BCUT2D eigenvalue weighted by molar-refractivity contribution is 5.29. The van der Waals surface area contributed by atoms with Crippen LogP contribution in [-0.4, -0.2) is 7.11 Å². The molecule has 1 fully saturated rings. The van der Waals surface area contributed by atoms with E-state index >= 15 is 0 Å². The Hall–Kier alpha value is -0.980. The molecule has 1 heteroatoms. The number of hydrogen-bond donors (Lipinski definition) is 0. The second-order valence-electron chi connectivity index (χ2n) is 5.29. The molecule has 0 spiro atoms. The third-order valence-corrected chi connectivity index (χ3v) is 4.07. The topological polar surface area (TPSA) is 9.23 Å². The molecule has 1 nitrogen and oxygen atoms in total. The number of benzene rings is 1. The van der Waals surface area contributed by atoms with Crippen LogP contribution in [0.5, 0.6) is 5.75 Å². The Morgan fingerprint density at radius 3 is 2.59 bits per heavy atom. The zero-order valence-corrected chi connectivity index (χ0v) is 11.1. The van der Waals surface area contributed by atoms with Gasteiger partial charge in [-0.3, -0.25) is 0 Å². The van der Waals surface area contributed by atoms with Gasteiger partial charge in [-0.2, -0.15) is 0 Å². The Bertz CT molecular complexity index is 326. The van der Waals surface area contributed by atoms with Crippen molar-refractivity contribution in [2.75, 3.05) is 7.11 Å². The van der Waals surface area contributed by atoms with Crippen LogP contribution in [0.3, 0.4) is 0 Å². The first-order chi connectivity index (χ1) is 8.33. The molecule has 0 radical (unpaired) electrons. The summed E-state index contributed by atoms with van der Waals surface area (Å²) in [5.74, 6) is 2.71. The van der Waals surface area contributed by atoms with Crippen LogP contribution >= 0.6 is 0 Å². The van der Waals surface area contributed by atoms with E-state index < -0.39 is 0 Å². The van der Waals surface area contributed by atoms with Crippen molar-refractivity contribution in [2.24, 2.45) is 5.92 Å². The van der Waals surface area contributed by atoms with Crippen LogP contribution in [0.25, 0.3) is 0 Å². The average molecular weight is 232 g/mol. The largest absolute Gasteiger partial charge is 0.497 e. The van der Waals surface area contributed by atoms with Gasteiger partial charge in [0.05, 0.1) is 7.11 Å². The molecule has 1 aromatic carbocycles. The van der Waals surface area contributed by atoms with E-state index in [1.165, 1.54) is 44.1 Å². The van der Waals surface area contributed by atoms with Crippen LogP contribution in [0, 0.1) is 5.92 Å². The van der Waals surface area contributed by atoms with Crippen molar-refractivity contribution < 1.29 is 4.74 Å². The summed E-state index contributed by atoms with van der Waals surface area (Å²) in [6, 6.07) is 8.69. The van der Waals surface area contributed by atoms with Gasteiger partial charge in [-0.1, -0.05) is 44.7 Å². The van der Waals surface area contributed by atoms with Crippen molar-refractivity contribution in [1.82, 2.24) is 0 Å². The number of ether oxygens (including phenoxy) is 1. The minimum Gasteiger partial charge on any atom is -0.497 e. The molecule has 1 aromatic rings. The number of hydrogen-bond acceptors (Lipinski definition) is 1. The molecule has 1 saturated carbocycles. The summed E-state index contributed by atoms with van der Waals surface area (Å²) < 4.78 is 5.22. The van der Waals surface area contributed by atoms with Crippen LogP contribution in [0.2, 0.25) is 0 Å². The van der Waals surface area contributed by atoms with Crippen molar-refractivity contribution in [3.63, 3.8) is 0 Å². The quantitative estimate of drug-likeness (QED) is 0.726. The van der Waals surface area contributed by atoms with Crippen LogP contribution in [0.4, 0.5) is 0 Å². The molecule has 0 N–H and O–H groups in total. The Kier molecular flexibility index (Phi) is 4.47. The van der Waals surface area contributed by atoms with Crippen molar-refractivity contribution >= 4 is 0 Å². The Morgan fingerprint density at radius 2 is 1.94 bits per heavy atom. The van der Waals surface area contributed by atoms with Gasteiger partial charge in [-0.05, 0) is 42.4 Å². The fourth-order valence-electron chi connectivity index (χ4n) is 3.14. The minimum absolute atomic E-state index is 0.784. The Labute approximate surface area is 105 Å². The van der Waals surface area contributed by atoms with Crippen molar-refractivity contribution in [2.45, 2.75) is 51.4 Å². The third-order valence-electron chi connectivity index (χ3n) is 4.07. The molecule has 1 aliphatic carbocycles. The van der Waals surface area contributed by atoms with Crippen molar-refractivity contribution in [3.05, 3.63) is 29.8 Å². The van der Waals surface area contributed by atoms with E-state index in [4.69, 9.17) is 4.74 Å². The predicted molar refractivity (Wildman–Crippen MR) is 72.6 cm³/mol. The molecule has 0 saturated heterocycles. The van der Waals surface area contributed by atoms with Crippen LogP contribution < -0.4 is 4.74 Å². The van der Waals surface area contributed by atoms with Gasteiger partial charge >= 0.3 is 0 Å². The molecular weight excluding hydrogens is 208 g/mol. The summed E-state index contributed by atoms with van der Waals surface area (Å²) in [6.07, 6.45) is 8.35. The van der Waals surface area contributed by atoms with Gasteiger partial charge in [0.15, 0.2) is 0 Å². The summed E-state index contributed by atoms with van der Waals surface area (Å²) in [7, 11) is 1.73. The Morgan fingerprint density at radius 1 is 1.18 bits per heavy atom. The first-order valence-corrected chi connectivity index (χ1v) is 6.97. The normalized spacial score (nSPS) is 24.6. The SMILES string of the molecule is CCCC1CCCC(c2ccc(OC)cc2)C1. The van der Waals surface area contributed by atoms with Gasteiger partial charge in [0.1, 0.15) is 5.75 Å². The first kappa shape index (κ1) is 12.5. The summed E-state index contributed by atoms with van der Waals surface area (Å²) in [6.45, 7) is 2.30. The highest BCUT2D eigenvalue weighted by Gasteiger charge is 2.22. The van der Waals surface area contributed by atoms with E-state index in [1.54, 1.807) is 7.11 Å². The highest BCUT2D eigenvalue weighted by atomic mass is 16.5. The fourth-order valence-corrected chi connectivity index (χ4v) is 3.14. The lowest BCUT2D eigenvalue weighted by molar-refractivity contribution is 0.304. The minimum atomic E-state index is 0.784. The van der Waals surface area contributed by atoms with E-state index in [2.05, 4.69) is 31.2 Å². The maximum atomic E-state index is 5.22. The van der Waals surface area contributed by atoms with Crippen LogP contribution in [0.15, 0.2) is 24.3 Å². The summed E-state index contributed by atoms with van der Waals surface area (Å²) >= 11 is 0. The standard InChI is InChI=1S/C16H24O/c1-3-5-13-6-4-7-15(12-13)14-8-10-16(17-2)11-9-14/h8-11,13,15H,3-7,12H2,1-2H3. The monoisotopic (exact) mass is 232 g/mol. The summed E-state index contributed by atoms with van der Waals surface area (Å²) in [5.41, 5.74) is 1.51. The molecule has 94 valence electrons. The lowest BCUT2D eigenvalue weighted by Crippen LogP contribution is -2.14. The van der Waals surface area contributed by atoms with E-state index in [9.17, 15) is 0 Å². The maximum Gasteiger partial charge on any atom is 0.118 e. The van der Waals surface area contributed by atoms with E-state index in [0.29, 0.717) is 0 Å². The third kappa shape index (κ3) is 3.24. The predicted octanol–water partition coefficient (Wildman–Crippen LogP) is 4.77. The first-order valence-electron chi connectivity index (χ1n) is 6.97. The zero-order valence-electron chi connectivity index (χ0n) is 11.1. The molecule has 2 atom stereocenters. The second kappa shape index (κ2) is 6.09. The van der Waals surface area contributed by atoms with Crippen LogP contribution in [0.1, 0.15) is 56.9 Å². The smallest absolute Gasteiger partial charge is 0.118 e. The van der Waals surface area contributed by atoms with Gasteiger partial charge in [-0.15, -0.1) is 0 Å². The second-order valence-corrected chi connectivity index (χ2v) is 5.29. The van der Waals surface area contributed by atoms with Gasteiger partial charge in [0.2, 0.25) is 0 Å². The Balaban J connectivity index is 2.00. The summed E-state index contributed by atoms with van der Waals surface area (Å²) in [4.78, 5) is 0. The molecule has 17 heavy (non-hydrogen) atoms. The number of methoxy groups -OCH3 is 1. The molecule has 0 amide bonds.